The average Bonchev–Trinajstić information content (AvgIpc) is 2.65. The van der Waals surface area contributed by atoms with Gasteiger partial charge in [-0.15, -0.1) is 36.2 Å². The number of aryl methyl sites for hydroxylation is 2. The van der Waals surface area contributed by atoms with Crippen LogP contribution in [0.1, 0.15) is 48.2 Å². The number of carbonyl (C=O) groups excluding carboxylic acids is 1. The van der Waals surface area contributed by atoms with E-state index in [9.17, 15) is 4.79 Å². The molecule has 1 heterocycles. The van der Waals surface area contributed by atoms with E-state index in [2.05, 4.69) is 17.2 Å². The summed E-state index contributed by atoms with van der Waals surface area (Å²) in [6, 6.07) is 0. The van der Waals surface area contributed by atoms with Crippen molar-refractivity contribution < 1.29 is 4.79 Å². The van der Waals surface area contributed by atoms with E-state index in [1.165, 1.54) is 4.88 Å². The Bertz CT molecular complexity index is 457. The molecule has 0 aliphatic heterocycles. The molecule has 122 valence electrons. The summed E-state index contributed by atoms with van der Waals surface area (Å²) in [5.41, 5.74) is 6.93. The average molecular weight is 354 g/mol. The minimum absolute atomic E-state index is 0. The summed E-state index contributed by atoms with van der Waals surface area (Å²) in [6.45, 7) is 6.56. The van der Waals surface area contributed by atoms with Crippen LogP contribution in [0.2, 0.25) is 0 Å². The molecule has 21 heavy (non-hydrogen) atoms. The fourth-order valence-corrected chi connectivity index (χ4v) is 3.56. The lowest BCUT2D eigenvalue weighted by molar-refractivity contribution is -0.128. The number of hydrogen-bond acceptors (Lipinski definition) is 4. The van der Waals surface area contributed by atoms with Crippen molar-refractivity contribution in [1.82, 2.24) is 10.3 Å². The predicted molar refractivity (Wildman–Crippen MR) is 92.5 cm³/mol. The molecule has 4 nitrogen and oxygen atoms in total. The molecule has 0 saturated heterocycles. The van der Waals surface area contributed by atoms with Gasteiger partial charge < -0.3 is 11.1 Å². The van der Waals surface area contributed by atoms with Gasteiger partial charge in [0.1, 0.15) is 5.01 Å². The maximum absolute atomic E-state index is 12.3. The van der Waals surface area contributed by atoms with Gasteiger partial charge >= 0.3 is 0 Å². The van der Waals surface area contributed by atoms with Crippen molar-refractivity contribution >= 4 is 42.1 Å². The topological polar surface area (TPSA) is 68.0 Å². The molecule has 2 atom stereocenters. The maximum Gasteiger partial charge on any atom is 0.225 e. The minimum atomic E-state index is -0.364. The van der Waals surface area contributed by atoms with E-state index in [0.717, 1.165) is 36.4 Å². The van der Waals surface area contributed by atoms with Crippen molar-refractivity contribution in [1.29, 1.82) is 0 Å². The van der Waals surface area contributed by atoms with Gasteiger partial charge in [0.05, 0.1) is 18.2 Å². The highest BCUT2D eigenvalue weighted by molar-refractivity contribution is 7.11. The molecule has 7 heteroatoms. The first kappa shape index (κ1) is 20.6. The van der Waals surface area contributed by atoms with Gasteiger partial charge in [0, 0.05) is 10.4 Å². The van der Waals surface area contributed by atoms with Crippen LogP contribution in [0.5, 0.6) is 0 Å². The van der Waals surface area contributed by atoms with Crippen molar-refractivity contribution in [2.45, 2.75) is 58.5 Å². The molecule has 1 aliphatic rings. The molecule has 0 spiro atoms. The van der Waals surface area contributed by atoms with Crippen LogP contribution in [-0.2, 0) is 11.3 Å². The number of nitrogens with zero attached hydrogens (tertiary/aromatic N) is 1. The molecule has 1 aromatic heterocycles. The molecule has 0 aromatic carbocycles. The van der Waals surface area contributed by atoms with Gasteiger partial charge in [-0.25, -0.2) is 4.98 Å². The van der Waals surface area contributed by atoms with E-state index in [-0.39, 0.29) is 42.2 Å². The summed E-state index contributed by atoms with van der Waals surface area (Å²) in [4.78, 5) is 17.9. The fraction of sp³-hybridized carbons (Fsp3) is 0.714. The first-order chi connectivity index (χ1) is 8.90. The summed E-state index contributed by atoms with van der Waals surface area (Å²) in [7, 11) is 0. The second-order valence-corrected chi connectivity index (χ2v) is 7.06. The standard InChI is InChI=1S/C14H23N3OS.2ClH/c1-9-10(2)19-12(17-9)8-16-13(18)11-6-4-5-7-14(11,3)15;;/h11H,4-8,15H2,1-3H3,(H,16,18);2*1H. The molecule has 3 N–H and O–H groups in total. The third kappa shape index (κ3) is 5.09. The molecule has 1 amide bonds. The summed E-state index contributed by atoms with van der Waals surface area (Å²) in [5, 5.41) is 3.96. The Morgan fingerprint density at radius 1 is 1.43 bits per heavy atom. The molecule has 1 saturated carbocycles. The summed E-state index contributed by atoms with van der Waals surface area (Å²) >= 11 is 1.65. The van der Waals surface area contributed by atoms with Gasteiger partial charge in [0.25, 0.3) is 0 Å². The molecular formula is C14H25Cl2N3OS. The molecule has 0 bridgehead atoms. The number of nitrogens with two attached hydrogens (primary N) is 1. The molecule has 2 unspecified atom stereocenters. The lowest BCUT2D eigenvalue weighted by Gasteiger charge is -2.37. The smallest absolute Gasteiger partial charge is 0.225 e. The minimum Gasteiger partial charge on any atom is -0.349 e. The van der Waals surface area contributed by atoms with Crippen LogP contribution in [0.4, 0.5) is 0 Å². The Labute approximate surface area is 143 Å². The number of halogens is 2. The first-order valence-electron chi connectivity index (χ1n) is 6.89. The SMILES string of the molecule is Cc1nc(CNC(=O)C2CCCCC2(C)N)sc1C.Cl.Cl. The third-order valence-electron chi connectivity index (χ3n) is 4.06. The highest BCUT2D eigenvalue weighted by Gasteiger charge is 2.37. The number of aromatic nitrogens is 1. The summed E-state index contributed by atoms with van der Waals surface area (Å²) < 4.78 is 0. The summed E-state index contributed by atoms with van der Waals surface area (Å²) in [5.74, 6) is 0.0126. The van der Waals surface area contributed by atoms with E-state index < -0.39 is 0 Å². The van der Waals surface area contributed by atoms with Crippen molar-refractivity contribution in [2.75, 3.05) is 0 Å². The van der Waals surface area contributed by atoms with Crippen LogP contribution >= 0.6 is 36.2 Å². The van der Waals surface area contributed by atoms with Gasteiger partial charge in [-0.1, -0.05) is 12.8 Å². The van der Waals surface area contributed by atoms with Gasteiger partial charge in [-0.05, 0) is 33.6 Å². The number of amides is 1. The highest BCUT2D eigenvalue weighted by atomic mass is 35.5. The van der Waals surface area contributed by atoms with Gasteiger partial charge in [0.15, 0.2) is 0 Å². The van der Waals surface area contributed by atoms with Gasteiger partial charge in [-0.3, -0.25) is 4.79 Å². The van der Waals surface area contributed by atoms with Gasteiger partial charge in [-0.2, -0.15) is 0 Å². The van der Waals surface area contributed by atoms with Crippen molar-refractivity contribution in [3.8, 4) is 0 Å². The molecule has 2 rings (SSSR count). The predicted octanol–water partition coefficient (Wildman–Crippen LogP) is 3.13. The number of hydrogen-bond donors (Lipinski definition) is 2. The normalized spacial score (nSPS) is 24.7. The zero-order valence-corrected chi connectivity index (χ0v) is 15.2. The quantitative estimate of drug-likeness (QED) is 0.876. The lowest BCUT2D eigenvalue weighted by Crippen LogP contribution is -2.52. The van der Waals surface area contributed by atoms with Gasteiger partial charge in [0.2, 0.25) is 5.91 Å². The van der Waals surface area contributed by atoms with E-state index in [1.54, 1.807) is 11.3 Å². The zero-order valence-electron chi connectivity index (χ0n) is 12.8. The Morgan fingerprint density at radius 2 is 2.10 bits per heavy atom. The molecule has 0 radical (unpaired) electrons. The first-order valence-corrected chi connectivity index (χ1v) is 7.71. The van der Waals surface area contributed by atoms with Crippen molar-refractivity contribution in [3.63, 3.8) is 0 Å². The Hall–Kier alpha value is -0.360. The molecule has 1 aliphatic carbocycles. The highest BCUT2D eigenvalue weighted by Crippen LogP contribution is 2.31. The maximum atomic E-state index is 12.3. The van der Waals surface area contributed by atoms with Crippen LogP contribution in [0.3, 0.4) is 0 Å². The largest absolute Gasteiger partial charge is 0.349 e. The van der Waals surface area contributed by atoms with Crippen LogP contribution in [0.15, 0.2) is 0 Å². The van der Waals surface area contributed by atoms with E-state index in [4.69, 9.17) is 5.73 Å². The number of nitrogens with one attached hydrogen (secondary N) is 1. The molecular weight excluding hydrogens is 329 g/mol. The lowest BCUT2D eigenvalue weighted by atomic mass is 9.74. The number of carbonyl (C=O) groups is 1. The zero-order chi connectivity index (χ0) is 14.0. The van der Waals surface area contributed by atoms with Crippen molar-refractivity contribution in [2.24, 2.45) is 11.7 Å². The molecule has 1 aromatic rings. The van der Waals surface area contributed by atoms with E-state index in [1.807, 2.05) is 13.8 Å². The Kier molecular flexibility index (Phi) is 8.18. The molecule has 1 fully saturated rings. The van der Waals surface area contributed by atoms with Crippen LogP contribution in [0, 0.1) is 19.8 Å². The van der Waals surface area contributed by atoms with Crippen LogP contribution < -0.4 is 11.1 Å². The van der Waals surface area contributed by atoms with E-state index >= 15 is 0 Å². The van der Waals surface area contributed by atoms with Crippen LogP contribution in [-0.4, -0.2) is 16.4 Å². The third-order valence-corrected chi connectivity index (χ3v) is 5.13. The number of thiazole rings is 1. The monoisotopic (exact) mass is 353 g/mol. The second kappa shape index (κ2) is 8.32. The van der Waals surface area contributed by atoms with E-state index in [0.29, 0.717) is 6.54 Å². The van der Waals surface area contributed by atoms with Crippen LogP contribution in [0.25, 0.3) is 0 Å². The number of rotatable bonds is 3. The second-order valence-electron chi connectivity index (χ2n) is 5.77. The van der Waals surface area contributed by atoms with Crippen molar-refractivity contribution in [3.05, 3.63) is 15.6 Å². The fourth-order valence-electron chi connectivity index (χ4n) is 2.69. The Morgan fingerprint density at radius 3 is 2.62 bits per heavy atom. The summed E-state index contributed by atoms with van der Waals surface area (Å²) in [6.07, 6.45) is 4.05. The Balaban J connectivity index is 0.00000200.